The fourth-order valence-electron chi connectivity index (χ4n) is 3.55. The second-order valence-corrected chi connectivity index (χ2v) is 8.17. The molecular weight excluding hydrogens is 380 g/mol. The summed E-state index contributed by atoms with van der Waals surface area (Å²) in [6, 6.07) is 8.60. The minimum atomic E-state index is 0.273. The van der Waals surface area contributed by atoms with Gasteiger partial charge < -0.3 is 9.80 Å². The van der Waals surface area contributed by atoms with Gasteiger partial charge in [-0.25, -0.2) is 4.98 Å². The van der Waals surface area contributed by atoms with Gasteiger partial charge in [-0.3, -0.25) is 4.79 Å². The maximum absolute atomic E-state index is 11.0. The van der Waals surface area contributed by atoms with Crippen LogP contribution in [0.5, 0.6) is 0 Å². The number of aryl methyl sites for hydroxylation is 2. The SMILES string of the molecule is CCc1sc2nc(Cl)nc(N3CCN(C=O)CC3)c2c1-c1ccc(C)cc1. The summed E-state index contributed by atoms with van der Waals surface area (Å²) in [6.45, 7) is 7.13. The van der Waals surface area contributed by atoms with Crippen molar-refractivity contribution < 1.29 is 4.79 Å². The molecule has 3 heterocycles. The van der Waals surface area contributed by atoms with Gasteiger partial charge in [0.2, 0.25) is 11.7 Å². The van der Waals surface area contributed by atoms with Gasteiger partial charge in [0.05, 0.1) is 5.39 Å². The summed E-state index contributed by atoms with van der Waals surface area (Å²) in [5, 5.41) is 1.35. The van der Waals surface area contributed by atoms with Crippen LogP contribution in [0.1, 0.15) is 17.4 Å². The second kappa shape index (κ2) is 7.44. The average Bonchev–Trinajstić information content (AvgIpc) is 3.06. The molecule has 1 saturated heterocycles. The molecule has 0 atom stereocenters. The largest absolute Gasteiger partial charge is 0.352 e. The Morgan fingerprint density at radius 2 is 1.85 bits per heavy atom. The number of hydrogen-bond acceptors (Lipinski definition) is 5. The van der Waals surface area contributed by atoms with Crippen LogP contribution in [0.4, 0.5) is 5.82 Å². The first-order valence-electron chi connectivity index (χ1n) is 9.11. The van der Waals surface area contributed by atoms with Crippen LogP contribution in [0.15, 0.2) is 24.3 Å². The summed E-state index contributed by atoms with van der Waals surface area (Å²) < 4.78 is 0. The standard InChI is InChI=1S/C20H21ClN4OS/c1-3-15-16(14-6-4-13(2)5-7-14)17-18(22-20(21)23-19(17)27-15)25-10-8-24(12-26)9-11-25/h4-7,12H,3,8-11H2,1-2H3. The molecule has 5 nitrogen and oxygen atoms in total. The molecule has 0 unspecified atom stereocenters. The minimum absolute atomic E-state index is 0.273. The fourth-order valence-corrected chi connectivity index (χ4v) is 4.89. The fraction of sp³-hybridized carbons (Fsp3) is 0.350. The Labute approximate surface area is 167 Å². The average molecular weight is 401 g/mol. The molecule has 4 rings (SSSR count). The Hall–Kier alpha value is -2.18. The van der Waals surface area contributed by atoms with E-state index in [1.54, 1.807) is 16.2 Å². The van der Waals surface area contributed by atoms with E-state index in [2.05, 4.69) is 53.0 Å². The molecule has 27 heavy (non-hydrogen) atoms. The van der Waals surface area contributed by atoms with E-state index in [4.69, 9.17) is 11.6 Å². The number of halogens is 1. The van der Waals surface area contributed by atoms with E-state index in [0.29, 0.717) is 13.1 Å². The maximum Gasteiger partial charge on any atom is 0.225 e. The van der Waals surface area contributed by atoms with Gasteiger partial charge >= 0.3 is 0 Å². The van der Waals surface area contributed by atoms with E-state index >= 15 is 0 Å². The van der Waals surface area contributed by atoms with E-state index in [9.17, 15) is 4.79 Å². The summed E-state index contributed by atoms with van der Waals surface area (Å²) in [5.74, 6) is 0.877. The molecule has 1 amide bonds. The lowest BCUT2D eigenvalue weighted by Gasteiger charge is -2.33. The number of fused-ring (bicyclic) bond motifs is 1. The van der Waals surface area contributed by atoms with Gasteiger partial charge in [0.15, 0.2) is 0 Å². The number of carbonyl (C=O) groups is 1. The van der Waals surface area contributed by atoms with Crippen molar-refractivity contribution in [1.82, 2.24) is 14.9 Å². The van der Waals surface area contributed by atoms with Crippen LogP contribution in [0.2, 0.25) is 5.28 Å². The summed E-state index contributed by atoms with van der Waals surface area (Å²) >= 11 is 7.95. The van der Waals surface area contributed by atoms with E-state index in [-0.39, 0.29) is 5.28 Å². The van der Waals surface area contributed by atoms with Crippen molar-refractivity contribution in [2.75, 3.05) is 31.1 Å². The zero-order valence-electron chi connectivity index (χ0n) is 15.4. The molecule has 1 fully saturated rings. The molecule has 1 aliphatic rings. The van der Waals surface area contributed by atoms with Crippen molar-refractivity contribution in [3.8, 4) is 11.1 Å². The van der Waals surface area contributed by atoms with Crippen LogP contribution in [-0.2, 0) is 11.2 Å². The van der Waals surface area contributed by atoms with E-state index < -0.39 is 0 Å². The zero-order valence-corrected chi connectivity index (χ0v) is 17.0. The highest BCUT2D eigenvalue weighted by Gasteiger charge is 2.25. The number of carbonyl (C=O) groups excluding carboxylic acids is 1. The van der Waals surface area contributed by atoms with Crippen LogP contribution in [-0.4, -0.2) is 47.5 Å². The Kier molecular flexibility index (Phi) is 5.02. The van der Waals surface area contributed by atoms with Crippen LogP contribution < -0.4 is 4.90 Å². The van der Waals surface area contributed by atoms with Gasteiger partial charge in [-0.05, 0) is 30.5 Å². The van der Waals surface area contributed by atoms with Crippen molar-refractivity contribution in [2.24, 2.45) is 0 Å². The smallest absolute Gasteiger partial charge is 0.225 e. The van der Waals surface area contributed by atoms with Crippen LogP contribution in [0, 0.1) is 6.92 Å². The number of nitrogens with zero attached hydrogens (tertiary/aromatic N) is 4. The van der Waals surface area contributed by atoms with Crippen molar-refractivity contribution in [1.29, 1.82) is 0 Å². The van der Waals surface area contributed by atoms with Crippen molar-refractivity contribution in [3.05, 3.63) is 40.0 Å². The molecule has 0 spiro atoms. The number of anilines is 1. The minimum Gasteiger partial charge on any atom is -0.352 e. The third-order valence-electron chi connectivity index (χ3n) is 5.00. The highest BCUT2D eigenvalue weighted by Crippen LogP contribution is 2.43. The second-order valence-electron chi connectivity index (χ2n) is 6.74. The maximum atomic E-state index is 11.0. The molecule has 7 heteroatoms. The normalized spacial score (nSPS) is 14.8. The van der Waals surface area contributed by atoms with Gasteiger partial charge in [0, 0.05) is 36.6 Å². The van der Waals surface area contributed by atoms with Gasteiger partial charge in [-0.2, -0.15) is 4.98 Å². The van der Waals surface area contributed by atoms with Crippen molar-refractivity contribution >= 4 is 45.4 Å². The Morgan fingerprint density at radius 1 is 1.15 bits per heavy atom. The van der Waals surface area contributed by atoms with Gasteiger partial charge in [0.25, 0.3) is 0 Å². The predicted molar refractivity (Wildman–Crippen MR) is 112 cm³/mol. The Balaban J connectivity index is 1.89. The zero-order chi connectivity index (χ0) is 19.0. The van der Waals surface area contributed by atoms with Gasteiger partial charge in [0.1, 0.15) is 10.6 Å². The third-order valence-corrected chi connectivity index (χ3v) is 6.40. The van der Waals surface area contributed by atoms with Crippen LogP contribution in [0.25, 0.3) is 21.3 Å². The summed E-state index contributed by atoms with van der Waals surface area (Å²) in [4.78, 5) is 26.4. The van der Waals surface area contributed by atoms with Crippen LogP contribution >= 0.6 is 22.9 Å². The first-order valence-corrected chi connectivity index (χ1v) is 10.3. The number of thiophene rings is 1. The molecule has 2 aromatic heterocycles. The number of rotatable bonds is 4. The summed E-state index contributed by atoms with van der Waals surface area (Å²) in [6.07, 6.45) is 1.84. The van der Waals surface area contributed by atoms with E-state index in [1.165, 1.54) is 21.6 Å². The molecule has 0 saturated carbocycles. The number of piperazine rings is 1. The molecule has 0 aliphatic carbocycles. The lowest BCUT2D eigenvalue weighted by atomic mass is 10.0. The molecule has 1 aromatic carbocycles. The molecule has 0 radical (unpaired) electrons. The lowest BCUT2D eigenvalue weighted by molar-refractivity contribution is -0.118. The van der Waals surface area contributed by atoms with Crippen molar-refractivity contribution in [2.45, 2.75) is 20.3 Å². The number of benzene rings is 1. The third kappa shape index (κ3) is 3.39. The van der Waals surface area contributed by atoms with Crippen molar-refractivity contribution in [3.63, 3.8) is 0 Å². The molecule has 0 bridgehead atoms. The monoisotopic (exact) mass is 400 g/mol. The first kappa shape index (κ1) is 18.2. The molecular formula is C20H21ClN4OS. The topological polar surface area (TPSA) is 49.3 Å². The summed E-state index contributed by atoms with van der Waals surface area (Å²) in [7, 11) is 0. The number of hydrogen-bond donors (Lipinski definition) is 0. The molecule has 3 aromatic rings. The van der Waals surface area contributed by atoms with E-state index in [0.717, 1.165) is 42.0 Å². The van der Waals surface area contributed by atoms with Gasteiger partial charge in [-0.15, -0.1) is 11.3 Å². The van der Waals surface area contributed by atoms with E-state index in [1.807, 2.05) is 0 Å². The lowest BCUT2D eigenvalue weighted by Crippen LogP contribution is -2.46. The highest BCUT2D eigenvalue weighted by molar-refractivity contribution is 7.19. The van der Waals surface area contributed by atoms with Crippen LogP contribution in [0.3, 0.4) is 0 Å². The predicted octanol–water partition coefficient (Wildman–Crippen LogP) is 4.16. The Morgan fingerprint density at radius 3 is 2.48 bits per heavy atom. The number of amides is 1. The highest BCUT2D eigenvalue weighted by atomic mass is 35.5. The Bertz CT molecular complexity index is 978. The molecule has 0 N–H and O–H groups in total. The molecule has 140 valence electrons. The number of aromatic nitrogens is 2. The molecule has 1 aliphatic heterocycles. The summed E-state index contributed by atoms with van der Waals surface area (Å²) in [5.41, 5.74) is 3.63. The first-order chi connectivity index (χ1) is 13.1. The van der Waals surface area contributed by atoms with Gasteiger partial charge in [-0.1, -0.05) is 36.8 Å². The quantitative estimate of drug-likeness (QED) is 0.487.